The number of benzene rings is 1. The number of aliphatic hydroxyl groups is 1. The van der Waals surface area contributed by atoms with Crippen LogP contribution in [0.3, 0.4) is 0 Å². The molecule has 1 aromatic carbocycles. The highest BCUT2D eigenvalue weighted by molar-refractivity contribution is 7.88. The number of hydrogen-bond donors (Lipinski definition) is 4. The van der Waals surface area contributed by atoms with Gasteiger partial charge in [-0.1, -0.05) is 12.1 Å². The normalized spacial score (nSPS) is 25.4. The van der Waals surface area contributed by atoms with E-state index in [2.05, 4.69) is 39.0 Å². The molecule has 2 saturated heterocycles. The van der Waals surface area contributed by atoms with Crippen LogP contribution in [0.2, 0.25) is 0 Å². The summed E-state index contributed by atoms with van der Waals surface area (Å²) >= 11 is 0. The first-order valence-electron chi connectivity index (χ1n) is 10.2. The molecule has 2 fully saturated rings. The molecule has 3 heterocycles. The molecule has 9 heteroatoms. The zero-order chi connectivity index (χ0) is 19.7. The van der Waals surface area contributed by atoms with Crippen molar-refractivity contribution in [2.75, 3.05) is 42.7 Å². The van der Waals surface area contributed by atoms with Crippen molar-refractivity contribution in [1.29, 1.82) is 0 Å². The smallest absolute Gasteiger partial charge is 0.211 e. The van der Waals surface area contributed by atoms with Crippen LogP contribution in [0.5, 0.6) is 0 Å². The van der Waals surface area contributed by atoms with E-state index in [0.29, 0.717) is 13.1 Å². The van der Waals surface area contributed by atoms with Crippen molar-refractivity contribution < 1.29 is 13.5 Å². The molecule has 1 unspecified atom stereocenters. The van der Waals surface area contributed by atoms with Gasteiger partial charge >= 0.3 is 0 Å². The lowest BCUT2D eigenvalue weighted by Gasteiger charge is -2.39. The molecule has 0 radical (unpaired) electrons. The van der Waals surface area contributed by atoms with Crippen molar-refractivity contribution >= 4 is 21.4 Å². The number of aliphatic hydroxyl groups excluding tert-OH is 1. The summed E-state index contributed by atoms with van der Waals surface area (Å²) in [6.07, 6.45) is 4.29. The quantitative estimate of drug-likeness (QED) is 0.574. The van der Waals surface area contributed by atoms with Gasteiger partial charge in [-0.25, -0.2) is 12.7 Å². The van der Waals surface area contributed by atoms with Crippen LogP contribution >= 0.6 is 0 Å². The number of hydrogen-bond acceptors (Lipinski definition) is 7. The molecule has 1 aromatic rings. The predicted molar refractivity (Wildman–Crippen MR) is 111 cm³/mol. The monoisotopic (exact) mass is 409 g/mol. The van der Waals surface area contributed by atoms with Crippen molar-refractivity contribution in [3.63, 3.8) is 0 Å². The second-order valence-corrected chi connectivity index (χ2v) is 10.1. The van der Waals surface area contributed by atoms with Gasteiger partial charge in [0.25, 0.3) is 0 Å². The van der Waals surface area contributed by atoms with E-state index in [0.717, 1.165) is 51.0 Å². The lowest BCUT2D eigenvalue weighted by atomic mass is 10.0. The summed E-state index contributed by atoms with van der Waals surface area (Å²) in [4.78, 5) is 2.35. The summed E-state index contributed by atoms with van der Waals surface area (Å²) in [5, 5.41) is 20.5. The van der Waals surface area contributed by atoms with E-state index in [1.165, 1.54) is 17.5 Å². The van der Waals surface area contributed by atoms with E-state index < -0.39 is 10.0 Å². The lowest BCUT2D eigenvalue weighted by Crippen LogP contribution is -2.56. The molecule has 1 atom stereocenters. The molecule has 0 bridgehead atoms. The lowest BCUT2D eigenvalue weighted by molar-refractivity contribution is 0.145. The molecular formula is C19H31N5O3S. The topological polar surface area (TPSA) is 96.9 Å². The Labute approximate surface area is 167 Å². The van der Waals surface area contributed by atoms with Gasteiger partial charge in [0.2, 0.25) is 10.0 Å². The summed E-state index contributed by atoms with van der Waals surface area (Å²) in [5.74, 6) is 0. The van der Waals surface area contributed by atoms with E-state index in [9.17, 15) is 13.5 Å². The van der Waals surface area contributed by atoms with Crippen LogP contribution < -0.4 is 20.9 Å². The summed E-state index contributed by atoms with van der Waals surface area (Å²) in [5.41, 5.74) is 3.60. The van der Waals surface area contributed by atoms with Crippen LogP contribution in [0, 0.1) is 0 Å². The fourth-order valence-electron chi connectivity index (χ4n) is 4.37. The third-order valence-electron chi connectivity index (χ3n) is 6.04. The highest BCUT2D eigenvalue weighted by Crippen LogP contribution is 2.33. The minimum Gasteiger partial charge on any atom is -0.393 e. The Morgan fingerprint density at radius 3 is 2.50 bits per heavy atom. The second-order valence-electron chi connectivity index (χ2n) is 8.09. The number of rotatable bonds is 4. The van der Waals surface area contributed by atoms with Crippen LogP contribution in [-0.4, -0.2) is 68.7 Å². The van der Waals surface area contributed by atoms with Gasteiger partial charge in [-0.3, -0.25) is 10.6 Å². The maximum atomic E-state index is 11.7. The Morgan fingerprint density at radius 2 is 1.82 bits per heavy atom. The van der Waals surface area contributed by atoms with Gasteiger partial charge in [0, 0.05) is 38.8 Å². The minimum atomic E-state index is -3.09. The van der Waals surface area contributed by atoms with Crippen molar-refractivity contribution in [2.45, 2.75) is 50.7 Å². The molecule has 3 aliphatic heterocycles. The maximum Gasteiger partial charge on any atom is 0.211 e. The third kappa shape index (κ3) is 4.44. The molecular weight excluding hydrogens is 378 g/mol. The number of anilines is 2. The zero-order valence-corrected chi connectivity index (χ0v) is 17.2. The van der Waals surface area contributed by atoms with Crippen LogP contribution in [0.4, 0.5) is 11.4 Å². The van der Waals surface area contributed by atoms with Crippen molar-refractivity contribution in [1.82, 2.24) is 14.9 Å². The molecule has 0 aliphatic carbocycles. The molecule has 0 saturated carbocycles. The predicted octanol–water partition coefficient (Wildman–Crippen LogP) is 0.460. The molecule has 0 amide bonds. The van der Waals surface area contributed by atoms with Crippen LogP contribution in [0.1, 0.15) is 31.2 Å². The second kappa shape index (κ2) is 8.16. The Bertz CT molecular complexity index is 787. The van der Waals surface area contributed by atoms with Gasteiger partial charge in [-0.2, -0.15) is 0 Å². The molecule has 8 nitrogen and oxygen atoms in total. The van der Waals surface area contributed by atoms with Crippen LogP contribution in [0.15, 0.2) is 18.2 Å². The van der Waals surface area contributed by atoms with Gasteiger partial charge in [-0.15, -0.1) is 0 Å². The SMILES string of the molecule is CS(=O)(=O)N1CCC(NC2NCc3cccc(N4CCC(O)CC4)c3N2)CC1. The van der Waals surface area contributed by atoms with E-state index >= 15 is 0 Å². The van der Waals surface area contributed by atoms with Crippen molar-refractivity contribution in [3.05, 3.63) is 23.8 Å². The number of para-hydroxylation sites is 1. The first kappa shape index (κ1) is 19.9. The Balaban J connectivity index is 1.39. The highest BCUT2D eigenvalue weighted by Gasteiger charge is 2.29. The minimum absolute atomic E-state index is 0.0428. The molecule has 4 N–H and O–H groups in total. The number of nitrogens with zero attached hydrogens (tertiary/aromatic N) is 2. The summed E-state index contributed by atoms with van der Waals surface area (Å²) < 4.78 is 24.9. The maximum absolute atomic E-state index is 11.7. The Kier molecular flexibility index (Phi) is 5.80. The Morgan fingerprint density at radius 1 is 1.11 bits per heavy atom. The van der Waals surface area contributed by atoms with Crippen molar-refractivity contribution in [3.8, 4) is 0 Å². The fraction of sp³-hybridized carbons (Fsp3) is 0.684. The average Bonchev–Trinajstić information content (AvgIpc) is 2.68. The molecule has 0 aromatic heterocycles. The number of fused-ring (bicyclic) bond motifs is 1. The molecule has 4 rings (SSSR count). The summed E-state index contributed by atoms with van der Waals surface area (Å²) in [6, 6.07) is 6.66. The first-order chi connectivity index (χ1) is 13.4. The van der Waals surface area contributed by atoms with Crippen LogP contribution in [0.25, 0.3) is 0 Å². The fourth-order valence-corrected chi connectivity index (χ4v) is 5.24. The van der Waals surface area contributed by atoms with E-state index in [4.69, 9.17) is 0 Å². The highest BCUT2D eigenvalue weighted by atomic mass is 32.2. The summed E-state index contributed by atoms with van der Waals surface area (Å²) in [6.45, 7) is 3.67. The largest absolute Gasteiger partial charge is 0.393 e. The summed E-state index contributed by atoms with van der Waals surface area (Å²) in [7, 11) is -3.09. The van der Waals surface area contributed by atoms with Gasteiger partial charge in [-0.05, 0) is 37.3 Å². The van der Waals surface area contributed by atoms with Gasteiger partial charge in [0.1, 0.15) is 6.29 Å². The van der Waals surface area contributed by atoms with E-state index in [-0.39, 0.29) is 18.4 Å². The number of piperidine rings is 2. The molecule has 156 valence electrons. The number of sulfonamides is 1. The molecule has 28 heavy (non-hydrogen) atoms. The zero-order valence-electron chi connectivity index (χ0n) is 16.4. The average molecular weight is 410 g/mol. The van der Waals surface area contributed by atoms with Gasteiger partial charge < -0.3 is 15.3 Å². The third-order valence-corrected chi connectivity index (χ3v) is 7.35. The Hall–Kier alpha value is -1.39. The van der Waals surface area contributed by atoms with E-state index in [1.54, 1.807) is 4.31 Å². The van der Waals surface area contributed by atoms with Gasteiger partial charge in [0.15, 0.2) is 0 Å². The molecule has 0 spiro atoms. The molecule has 3 aliphatic rings. The number of nitrogens with one attached hydrogen (secondary N) is 3. The van der Waals surface area contributed by atoms with Crippen molar-refractivity contribution in [2.24, 2.45) is 0 Å². The first-order valence-corrected chi connectivity index (χ1v) is 12.0. The standard InChI is InChI=1S/C19H31N5O3S/c1-28(26,27)24-11-5-15(6-12-24)21-19-20-13-14-3-2-4-17(18(14)22-19)23-9-7-16(25)8-10-23/h2-4,15-16,19-22,25H,5-13H2,1H3. The van der Waals surface area contributed by atoms with E-state index in [1.807, 2.05) is 0 Å². The van der Waals surface area contributed by atoms with Gasteiger partial charge in [0.05, 0.1) is 23.7 Å². The van der Waals surface area contributed by atoms with Crippen LogP contribution in [-0.2, 0) is 16.6 Å².